The second-order valence-corrected chi connectivity index (χ2v) is 16.7. The van der Waals surface area contributed by atoms with Crippen molar-refractivity contribution in [2.75, 3.05) is 42.7 Å². The van der Waals surface area contributed by atoms with Gasteiger partial charge in [0.05, 0.1) is 10.6 Å². The molecule has 2 N–H and O–H groups in total. The number of nitrogens with zero attached hydrogens (tertiary/aromatic N) is 6. The van der Waals surface area contributed by atoms with Gasteiger partial charge in [-0.05, 0) is 85.5 Å². The molecule has 2 saturated heterocycles. The fraction of sp³-hybridized carbons (Fsp3) is 0.302. The summed E-state index contributed by atoms with van der Waals surface area (Å²) < 4.78 is 25.5. The molecule has 8 rings (SSSR count). The Morgan fingerprint density at radius 2 is 1.71 bits per heavy atom. The van der Waals surface area contributed by atoms with Crippen molar-refractivity contribution in [2.45, 2.75) is 56.0 Å². The quantitative estimate of drug-likeness (QED) is 0.116. The number of anilines is 3. The van der Waals surface area contributed by atoms with Crippen LogP contribution in [-0.4, -0.2) is 94.9 Å². The molecule has 0 bridgehead atoms. The van der Waals surface area contributed by atoms with Gasteiger partial charge in [-0.25, -0.2) is 12.9 Å². The molecule has 15 heteroatoms. The van der Waals surface area contributed by atoms with E-state index in [1.807, 2.05) is 59.5 Å². The van der Waals surface area contributed by atoms with Gasteiger partial charge in [-0.2, -0.15) is 4.98 Å². The lowest BCUT2D eigenvalue weighted by Gasteiger charge is -2.36. The molecule has 1 atom stereocenters. The van der Waals surface area contributed by atoms with Gasteiger partial charge in [-0.15, -0.1) is 5.10 Å². The van der Waals surface area contributed by atoms with Crippen LogP contribution in [0, 0.1) is 11.8 Å². The second kappa shape index (κ2) is 16.1. The zero-order valence-electron chi connectivity index (χ0n) is 32.0. The Bertz CT molecular complexity index is 2590. The van der Waals surface area contributed by atoms with E-state index in [9.17, 15) is 27.6 Å². The van der Waals surface area contributed by atoms with Crippen molar-refractivity contribution in [3.05, 3.63) is 102 Å². The predicted octanol–water partition coefficient (Wildman–Crippen LogP) is 4.57. The van der Waals surface area contributed by atoms with E-state index in [0.29, 0.717) is 56.1 Å². The molecule has 0 saturated carbocycles. The van der Waals surface area contributed by atoms with E-state index in [1.165, 1.54) is 11.2 Å². The van der Waals surface area contributed by atoms with Crippen molar-refractivity contribution in [3.8, 4) is 23.1 Å². The van der Waals surface area contributed by atoms with Crippen molar-refractivity contribution in [1.82, 2.24) is 29.7 Å². The Hall–Kier alpha value is -6.53. The lowest BCUT2D eigenvalue weighted by atomic mass is 10.0. The third kappa shape index (κ3) is 8.28. The first-order chi connectivity index (χ1) is 28.0. The van der Waals surface area contributed by atoms with E-state index in [2.05, 4.69) is 37.5 Å². The molecule has 0 aliphatic carbocycles. The number of benzene rings is 3. The molecule has 296 valence electrons. The van der Waals surface area contributed by atoms with E-state index >= 15 is 0 Å². The van der Waals surface area contributed by atoms with Crippen LogP contribution in [0.1, 0.15) is 60.0 Å². The lowest BCUT2D eigenvalue weighted by Crippen LogP contribution is -2.52. The van der Waals surface area contributed by atoms with E-state index in [4.69, 9.17) is 0 Å². The van der Waals surface area contributed by atoms with Crippen LogP contribution in [-0.2, 0) is 30.8 Å². The molecular formula is C43H42N8O6S. The smallest absolute Gasteiger partial charge is 0.255 e. The first-order valence-corrected chi connectivity index (χ1v) is 21.2. The van der Waals surface area contributed by atoms with Crippen LogP contribution in [0.25, 0.3) is 16.9 Å². The third-order valence-corrected chi connectivity index (χ3v) is 11.9. The number of hydrogen-bond acceptors (Lipinski definition) is 10. The molecule has 5 aromatic rings. The molecule has 3 aliphatic rings. The molecule has 2 aromatic heterocycles. The minimum Gasteiger partial charge on any atom is -0.368 e. The number of imide groups is 1. The molecule has 1 unspecified atom stereocenters. The van der Waals surface area contributed by atoms with Crippen molar-refractivity contribution in [3.63, 3.8) is 0 Å². The standard InChI is InChI=1S/C43H42N8O6S/c1-58(56,57)34-19-13-30(14-20-34)36-8-6-9-38-45-43(47-51(36)38)44-32-15-17-33(18-16-32)48-23-25-49(26-24-48)40(53)10-5-3-2-4-7-29-11-12-31-28-50(42(55)35(31)27-29)37-21-22-39(52)46-41(37)54/h6,8-9,11-20,27,37H,2-3,5,10,21-26,28H2,1H3,(H,44,47)(H,46,52,54). The zero-order valence-corrected chi connectivity index (χ0v) is 32.8. The topological polar surface area (TPSA) is 166 Å². The number of piperazine rings is 1. The van der Waals surface area contributed by atoms with Gasteiger partial charge < -0.3 is 20.0 Å². The van der Waals surface area contributed by atoms with Crippen molar-refractivity contribution >= 4 is 56.4 Å². The molecule has 0 radical (unpaired) electrons. The average molecular weight is 799 g/mol. The van der Waals surface area contributed by atoms with Crippen LogP contribution >= 0.6 is 0 Å². The number of fused-ring (bicyclic) bond motifs is 2. The molecule has 3 aliphatic heterocycles. The summed E-state index contributed by atoms with van der Waals surface area (Å²) in [5.41, 5.74) is 6.28. The summed E-state index contributed by atoms with van der Waals surface area (Å²) in [5, 5.41) is 10.3. The fourth-order valence-electron chi connectivity index (χ4n) is 7.59. The van der Waals surface area contributed by atoms with Gasteiger partial charge in [0.2, 0.25) is 23.7 Å². The number of carbonyl (C=O) groups excluding carboxylic acids is 4. The number of unbranched alkanes of at least 4 members (excludes halogenated alkanes) is 2. The molecule has 4 amide bonds. The number of nitrogens with one attached hydrogen (secondary N) is 2. The Labute approximate surface area is 336 Å². The maximum atomic E-state index is 13.1. The van der Waals surface area contributed by atoms with E-state index in [1.54, 1.807) is 34.8 Å². The van der Waals surface area contributed by atoms with Gasteiger partial charge in [0, 0.05) is 86.3 Å². The Morgan fingerprint density at radius 3 is 2.45 bits per heavy atom. The molecule has 14 nitrogen and oxygen atoms in total. The number of piperidine rings is 1. The van der Waals surface area contributed by atoms with Crippen LogP contribution < -0.4 is 15.5 Å². The highest BCUT2D eigenvalue weighted by Crippen LogP contribution is 2.29. The second-order valence-electron chi connectivity index (χ2n) is 14.7. The SMILES string of the molecule is CS(=O)(=O)c1ccc(-c2cccc3nc(Nc4ccc(N5CCN(C(=O)CCCCC#Cc6ccc7c(c6)C(=O)N(C6CCC(=O)NC6=O)C7)CC5)cc4)nn23)cc1. The summed E-state index contributed by atoms with van der Waals surface area (Å²) in [4.78, 5) is 60.6. The summed E-state index contributed by atoms with van der Waals surface area (Å²) in [5.74, 6) is 5.95. The highest BCUT2D eigenvalue weighted by atomic mass is 32.2. The number of carbonyl (C=O) groups is 4. The van der Waals surface area contributed by atoms with Crippen LogP contribution in [0.15, 0.2) is 89.8 Å². The Morgan fingerprint density at radius 1 is 0.931 bits per heavy atom. The van der Waals surface area contributed by atoms with Gasteiger partial charge in [-0.3, -0.25) is 24.5 Å². The monoisotopic (exact) mass is 798 g/mol. The number of pyridine rings is 1. The number of rotatable bonds is 10. The van der Waals surface area contributed by atoms with Crippen LogP contribution in [0.4, 0.5) is 17.3 Å². The number of aromatic nitrogens is 3. The molecular weight excluding hydrogens is 757 g/mol. The summed E-state index contributed by atoms with van der Waals surface area (Å²) in [6.45, 7) is 3.12. The molecule has 58 heavy (non-hydrogen) atoms. The van der Waals surface area contributed by atoms with Crippen molar-refractivity contribution in [2.24, 2.45) is 0 Å². The van der Waals surface area contributed by atoms with Gasteiger partial charge in [0.1, 0.15) is 6.04 Å². The maximum Gasteiger partial charge on any atom is 0.255 e. The highest BCUT2D eigenvalue weighted by Gasteiger charge is 2.39. The first kappa shape index (κ1) is 38.3. The summed E-state index contributed by atoms with van der Waals surface area (Å²) in [6.07, 6.45) is 4.38. The number of hydrogen-bond donors (Lipinski definition) is 2. The maximum absolute atomic E-state index is 13.1. The summed E-state index contributed by atoms with van der Waals surface area (Å²) in [6, 6.07) is 25.3. The predicted molar refractivity (Wildman–Crippen MR) is 218 cm³/mol. The van der Waals surface area contributed by atoms with Gasteiger partial charge in [0.25, 0.3) is 5.91 Å². The molecule has 3 aromatic carbocycles. The minimum absolute atomic E-state index is 0.152. The van der Waals surface area contributed by atoms with E-state index < -0.39 is 21.8 Å². The lowest BCUT2D eigenvalue weighted by molar-refractivity contribution is -0.137. The largest absolute Gasteiger partial charge is 0.368 e. The van der Waals surface area contributed by atoms with Crippen LogP contribution in [0.2, 0.25) is 0 Å². The Kier molecular flexibility index (Phi) is 10.7. The van der Waals surface area contributed by atoms with Crippen LogP contribution in [0.5, 0.6) is 0 Å². The number of sulfone groups is 1. The minimum atomic E-state index is -3.29. The van der Waals surface area contributed by atoms with Gasteiger partial charge in [-0.1, -0.05) is 36.1 Å². The summed E-state index contributed by atoms with van der Waals surface area (Å²) >= 11 is 0. The summed E-state index contributed by atoms with van der Waals surface area (Å²) in [7, 11) is -3.29. The third-order valence-electron chi connectivity index (χ3n) is 10.8. The number of amides is 4. The van der Waals surface area contributed by atoms with Crippen molar-refractivity contribution in [1.29, 1.82) is 0 Å². The fourth-order valence-corrected chi connectivity index (χ4v) is 8.22. The van der Waals surface area contributed by atoms with E-state index in [0.717, 1.165) is 59.7 Å². The van der Waals surface area contributed by atoms with Crippen LogP contribution in [0.3, 0.4) is 0 Å². The van der Waals surface area contributed by atoms with Crippen molar-refractivity contribution < 1.29 is 27.6 Å². The normalized spacial score (nSPS) is 16.9. The highest BCUT2D eigenvalue weighted by molar-refractivity contribution is 7.90. The average Bonchev–Trinajstić information content (AvgIpc) is 3.78. The molecule has 0 spiro atoms. The van der Waals surface area contributed by atoms with Gasteiger partial charge >= 0.3 is 0 Å². The van der Waals surface area contributed by atoms with E-state index in [-0.39, 0.29) is 29.0 Å². The van der Waals surface area contributed by atoms with Gasteiger partial charge in [0.15, 0.2) is 15.5 Å². The molecule has 2 fully saturated rings. The first-order valence-electron chi connectivity index (χ1n) is 19.3. The molecule has 5 heterocycles. The Balaban J connectivity index is 0.772. The zero-order chi connectivity index (χ0) is 40.4.